The van der Waals surface area contributed by atoms with Crippen molar-refractivity contribution in [1.82, 2.24) is 0 Å². The lowest BCUT2D eigenvalue weighted by atomic mass is 9.67. The van der Waals surface area contributed by atoms with E-state index in [1.54, 1.807) is 17.5 Å². The van der Waals surface area contributed by atoms with Crippen LogP contribution in [0.15, 0.2) is 24.3 Å². The van der Waals surface area contributed by atoms with Crippen LogP contribution < -0.4 is 0 Å². The number of fused-ring (bicyclic) bond motifs is 3. The molecule has 0 radical (unpaired) electrons. The van der Waals surface area contributed by atoms with Crippen molar-refractivity contribution >= 4 is 0 Å². The summed E-state index contributed by atoms with van der Waals surface area (Å²) in [5.41, 5.74) is 4.00. The molecule has 2 fully saturated rings. The van der Waals surface area contributed by atoms with Crippen LogP contribution in [0.25, 0.3) is 0 Å². The Morgan fingerprint density at radius 3 is 2.00 bits per heavy atom. The van der Waals surface area contributed by atoms with Crippen LogP contribution in [0.4, 0.5) is 0 Å². The molecule has 3 aliphatic rings. The normalized spacial score (nSPS) is 34.2. The van der Waals surface area contributed by atoms with E-state index in [0.717, 1.165) is 11.8 Å². The minimum absolute atomic E-state index is 0.688. The Labute approximate surface area is 98.1 Å². The quantitative estimate of drug-likeness (QED) is 0.610. The van der Waals surface area contributed by atoms with E-state index in [1.807, 2.05) is 0 Å². The lowest BCUT2D eigenvalue weighted by Crippen LogP contribution is -2.30. The summed E-state index contributed by atoms with van der Waals surface area (Å²) in [6.45, 7) is 0. The second-order valence-electron chi connectivity index (χ2n) is 6.58. The number of rotatable bonds is 0. The van der Waals surface area contributed by atoms with Gasteiger partial charge in [-0.1, -0.05) is 37.1 Å². The molecule has 1 spiro atoms. The van der Waals surface area contributed by atoms with Gasteiger partial charge in [-0.05, 0) is 60.5 Å². The number of benzene rings is 1. The fraction of sp³-hybridized carbons (Fsp3) is 0.625. The first kappa shape index (κ1) is 9.27. The molecular weight excluding hydrogens is 192 g/mol. The monoisotopic (exact) mass is 212 g/mol. The highest BCUT2D eigenvalue weighted by atomic mass is 14.5. The third kappa shape index (κ3) is 1.28. The van der Waals surface area contributed by atoms with Crippen molar-refractivity contribution in [2.24, 2.45) is 17.3 Å². The van der Waals surface area contributed by atoms with Crippen molar-refractivity contribution in [1.29, 1.82) is 0 Å². The minimum atomic E-state index is 0.688. The van der Waals surface area contributed by atoms with E-state index >= 15 is 0 Å². The van der Waals surface area contributed by atoms with E-state index in [9.17, 15) is 0 Å². The molecule has 0 amide bonds. The summed E-state index contributed by atoms with van der Waals surface area (Å²) < 4.78 is 0. The zero-order valence-corrected chi connectivity index (χ0v) is 9.91. The molecule has 3 aliphatic carbocycles. The summed E-state index contributed by atoms with van der Waals surface area (Å²) in [5, 5.41) is 0. The molecule has 2 atom stereocenters. The van der Waals surface area contributed by atoms with Crippen LogP contribution in [0.2, 0.25) is 0 Å². The molecule has 0 aliphatic heterocycles. The smallest absolute Gasteiger partial charge is 0.0211 e. The van der Waals surface area contributed by atoms with Crippen LogP contribution in [-0.4, -0.2) is 0 Å². The zero-order valence-electron chi connectivity index (χ0n) is 9.91. The Balaban J connectivity index is 1.67. The summed E-state index contributed by atoms with van der Waals surface area (Å²) in [7, 11) is 0. The molecule has 1 aromatic carbocycles. The molecule has 0 heterocycles. The van der Waals surface area contributed by atoms with Crippen LogP contribution in [0.5, 0.6) is 0 Å². The molecule has 0 N–H and O–H groups in total. The van der Waals surface area contributed by atoms with E-state index in [4.69, 9.17) is 0 Å². The van der Waals surface area contributed by atoms with Crippen LogP contribution in [0, 0.1) is 17.3 Å². The maximum absolute atomic E-state index is 2.36. The Morgan fingerprint density at radius 1 is 0.875 bits per heavy atom. The highest BCUT2D eigenvalue weighted by Gasteiger charge is 2.46. The first-order valence-corrected chi connectivity index (χ1v) is 6.90. The number of hydrogen-bond donors (Lipinski definition) is 0. The van der Waals surface area contributed by atoms with Crippen molar-refractivity contribution in [3.8, 4) is 0 Å². The van der Waals surface area contributed by atoms with Gasteiger partial charge in [0.1, 0.15) is 0 Å². The highest BCUT2D eigenvalue weighted by molar-refractivity contribution is 5.34. The van der Waals surface area contributed by atoms with Crippen molar-refractivity contribution in [3.05, 3.63) is 35.4 Å². The van der Waals surface area contributed by atoms with Gasteiger partial charge in [-0.2, -0.15) is 0 Å². The number of hydrogen-bond acceptors (Lipinski definition) is 0. The maximum atomic E-state index is 2.36. The van der Waals surface area contributed by atoms with E-state index in [0.29, 0.717) is 5.41 Å². The summed E-state index contributed by atoms with van der Waals surface area (Å²) in [6, 6.07) is 9.16. The third-order valence-corrected chi connectivity index (χ3v) is 5.34. The Bertz CT molecular complexity index is 379. The Morgan fingerprint density at radius 2 is 1.44 bits per heavy atom. The summed E-state index contributed by atoms with van der Waals surface area (Å²) in [4.78, 5) is 0. The van der Waals surface area contributed by atoms with Gasteiger partial charge in [-0.25, -0.2) is 0 Å². The van der Waals surface area contributed by atoms with Gasteiger partial charge in [-0.3, -0.25) is 0 Å². The minimum Gasteiger partial charge on any atom is -0.0620 e. The standard InChI is InChI=1S/C16H20/c1-2-4-15-11-16(10-14(15)3-1)8-12-5-6-13(7-12)9-16/h1-4,12-13H,5-11H2. The molecule has 84 valence electrons. The average molecular weight is 212 g/mol. The van der Waals surface area contributed by atoms with Crippen LogP contribution in [0.3, 0.4) is 0 Å². The topological polar surface area (TPSA) is 0 Å². The van der Waals surface area contributed by atoms with Gasteiger partial charge < -0.3 is 0 Å². The average Bonchev–Trinajstić information content (AvgIpc) is 2.78. The van der Waals surface area contributed by atoms with Crippen molar-refractivity contribution < 1.29 is 0 Å². The van der Waals surface area contributed by atoms with E-state index in [1.165, 1.54) is 38.5 Å². The molecule has 2 saturated carbocycles. The predicted molar refractivity (Wildman–Crippen MR) is 66.3 cm³/mol. The second-order valence-corrected chi connectivity index (χ2v) is 6.58. The molecule has 16 heavy (non-hydrogen) atoms. The molecule has 0 heteroatoms. The molecule has 2 bridgehead atoms. The van der Waals surface area contributed by atoms with Crippen molar-refractivity contribution in [2.75, 3.05) is 0 Å². The third-order valence-electron chi connectivity index (χ3n) is 5.34. The van der Waals surface area contributed by atoms with Crippen LogP contribution in [0.1, 0.15) is 43.2 Å². The van der Waals surface area contributed by atoms with Crippen molar-refractivity contribution in [3.63, 3.8) is 0 Å². The van der Waals surface area contributed by atoms with Gasteiger partial charge in [0.15, 0.2) is 0 Å². The molecule has 0 nitrogen and oxygen atoms in total. The van der Waals surface area contributed by atoms with E-state index in [-0.39, 0.29) is 0 Å². The zero-order chi connectivity index (χ0) is 10.6. The fourth-order valence-corrected chi connectivity index (χ4v) is 4.92. The van der Waals surface area contributed by atoms with Gasteiger partial charge in [0, 0.05) is 0 Å². The molecular formula is C16H20. The van der Waals surface area contributed by atoms with Crippen molar-refractivity contribution in [2.45, 2.75) is 44.9 Å². The summed E-state index contributed by atoms with van der Waals surface area (Å²) in [6.07, 6.45) is 10.4. The lowest BCUT2D eigenvalue weighted by molar-refractivity contribution is 0.141. The fourth-order valence-electron chi connectivity index (χ4n) is 4.92. The van der Waals surface area contributed by atoms with Gasteiger partial charge >= 0.3 is 0 Å². The molecule has 2 unspecified atom stereocenters. The predicted octanol–water partition coefficient (Wildman–Crippen LogP) is 3.98. The van der Waals surface area contributed by atoms with E-state index in [2.05, 4.69) is 24.3 Å². The van der Waals surface area contributed by atoms with Gasteiger partial charge in [0.2, 0.25) is 0 Å². The summed E-state index contributed by atoms with van der Waals surface area (Å²) >= 11 is 0. The SMILES string of the molecule is c1ccc2c(c1)CC1(C2)CC2CCC(C2)C1. The van der Waals surface area contributed by atoms with Gasteiger partial charge in [-0.15, -0.1) is 0 Å². The largest absolute Gasteiger partial charge is 0.0620 e. The lowest BCUT2D eigenvalue weighted by Gasteiger charge is -2.37. The van der Waals surface area contributed by atoms with Gasteiger partial charge in [0.25, 0.3) is 0 Å². The molecule has 0 aromatic heterocycles. The first-order chi connectivity index (χ1) is 7.83. The first-order valence-electron chi connectivity index (χ1n) is 6.90. The second kappa shape index (κ2) is 3.12. The molecule has 4 rings (SSSR count). The van der Waals surface area contributed by atoms with Crippen LogP contribution in [-0.2, 0) is 12.8 Å². The van der Waals surface area contributed by atoms with E-state index < -0.39 is 0 Å². The van der Waals surface area contributed by atoms with Gasteiger partial charge in [0.05, 0.1) is 0 Å². The Kier molecular flexibility index (Phi) is 1.81. The Hall–Kier alpha value is -0.780. The maximum Gasteiger partial charge on any atom is -0.0211 e. The molecule has 1 aromatic rings. The summed E-state index contributed by atoms with van der Waals surface area (Å²) in [5.74, 6) is 2.15. The highest BCUT2D eigenvalue weighted by Crippen LogP contribution is 2.55. The molecule has 0 saturated heterocycles. The van der Waals surface area contributed by atoms with Crippen LogP contribution >= 0.6 is 0 Å².